The van der Waals surface area contributed by atoms with Crippen molar-refractivity contribution >= 4 is 17.2 Å². The summed E-state index contributed by atoms with van der Waals surface area (Å²) >= 11 is 1.53. The zero-order chi connectivity index (χ0) is 16.9. The lowest BCUT2D eigenvalue weighted by atomic mass is 9.99. The molecule has 1 fully saturated rings. The zero-order valence-corrected chi connectivity index (χ0v) is 14.8. The maximum absolute atomic E-state index is 12.7. The molecular weight excluding hydrogens is 324 g/mol. The van der Waals surface area contributed by atoms with Crippen molar-refractivity contribution in [3.05, 3.63) is 40.3 Å². The molecule has 0 spiro atoms. The van der Waals surface area contributed by atoms with Gasteiger partial charge >= 0.3 is 0 Å². The number of piperidine rings is 1. The Morgan fingerprint density at radius 1 is 1.42 bits per heavy atom. The molecule has 1 amide bonds. The molecule has 0 radical (unpaired) electrons. The number of nitrogens with zero attached hydrogens (tertiary/aromatic N) is 2. The Labute approximate surface area is 146 Å². The van der Waals surface area contributed by atoms with Gasteiger partial charge in [0.25, 0.3) is 5.91 Å². The van der Waals surface area contributed by atoms with E-state index in [0.29, 0.717) is 29.6 Å². The van der Waals surface area contributed by atoms with Gasteiger partial charge in [0, 0.05) is 24.0 Å². The lowest BCUT2D eigenvalue weighted by Crippen LogP contribution is -2.39. The van der Waals surface area contributed by atoms with Crippen LogP contribution in [0.4, 0.5) is 0 Å². The van der Waals surface area contributed by atoms with E-state index in [4.69, 9.17) is 9.47 Å². The third-order valence-corrected chi connectivity index (χ3v) is 4.85. The predicted octanol–water partition coefficient (Wildman–Crippen LogP) is 3.60. The van der Waals surface area contributed by atoms with Gasteiger partial charge in [0.2, 0.25) is 0 Å². The maximum Gasteiger partial charge on any atom is 0.254 e. The number of carbonyl (C=O) groups is 1. The second-order valence-electron chi connectivity index (χ2n) is 6.13. The highest BCUT2D eigenvalue weighted by Crippen LogP contribution is 2.30. The van der Waals surface area contributed by atoms with Crippen LogP contribution in [0, 0.1) is 5.92 Å². The fourth-order valence-corrected chi connectivity index (χ4v) is 3.48. The summed E-state index contributed by atoms with van der Waals surface area (Å²) in [5, 5.41) is 1.95. The van der Waals surface area contributed by atoms with Crippen molar-refractivity contribution in [2.45, 2.75) is 26.4 Å². The van der Waals surface area contributed by atoms with Crippen molar-refractivity contribution in [2.24, 2.45) is 5.92 Å². The average Bonchev–Trinajstić information content (AvgIpc) is 3.12. The summed E-state index contributed by atoms with van der Waals surface area (Å²) in [5.41, 5.74) is 3.29. The van der Waals surface area contributed by atoms with Gasteiger partial charge in [0.05, 0.1) is 18.3 Å². The fourth-order valence-electron chi connectivity index (χ4n) is 2.94. The highest BCUT2D eigenvalue weighted by Gasteiger charge is 2.23. The minimum atomic E-state index is 0.0610. The van der Waals surface area contributed by atoms with Crippen LogP contribution in [0.25, 0.3) is 0 Å². The topological polar surface area (TPSA) is 51.7 Å². The van der Waals surface area contributed by atoms with E-state index < -0.39 is 0 Å². The van der Waals surface area contributed by atoms with Crippen LogP contribution in [0.2, 0.25) is 0 Å². The molecule has 1 aromatic carbocycles. The van der Waals surface area contributed by atoms with Crippen molar-refractivity contribution < 1.29 is 14.3 Å². The molecule has 128 valence electrons. The number of hydrogen-bond acceptors (Lipinski definition) is 5. The quantitative estimate of drug-likeness (QED) is 0.830. The van der Waals surface area contributed by atoms with Gasteiger partial charge < -0.3 is 14.4 Å². The normalized spacial score (nSPS) is 17.6. The third kappa shape index (κ3) is 3.87. The molecule has 6 heteroatoms. The van der Waals surface area contributed by atoms with E-state index in [1.807, 2.05) is 10.3 Å². The summed E-state index contributed by atoms with van der Waals surface area (Å²) < 4.78 is 11.2. The summed E-state index contributed by atoms with van der Waals surface area (Å²) in [7, 11) is 1.59. The Kier molecular flexibility index (Phi) is 5.35. The summed E-state index contributed by atoms with van der Waals surface area (Å²) in [6, 6.07) is 5.37. The van der Waals surface area contributed by atoms with Crippen LogP contribution in [0.15, 0.2) is 29.1 Å². The molecule has 24 heavy (non-hydrogen) atoms. The van der Waals surface area contributed by atoms with Gasteiger partial charge in [0.15, 0.2) is 11.5 Å². The number of likely N-dealkylation sites (tertiary alicyclic amines) is 1. The van der Waals surface area contributed by atoms with Gasteiger partial charge in [-0.15, -0.1) is 11.3 Å². The van der Waals surface area contributed by atoms with E-state index in [2.05, 4.69) is 11.9 Å². The number of benzene rings is 1. The first-order chi connectivity index (χ1) is 11.7. The van der Waals surface area contributed by atoms with E-state index in [-0.39, 0.29) is 5.91 Å². The van der Waals surface area contributed by atoms with Gasteiger partial charge in [-0.25, -0.2) is 4.98 Å². The molecule has 1 atom stereocenters. The Balaban J connectivity index is 1.72. The van der Waals surface area contributed by atoms with Crippen LogP contribution in [-0.4, -0.2) is 36.0 Å². The molecule has 1 aliphatic rings. The molecule has 5 nitrogen and oxygen atoms in total. The minimum Gasteiger partial charge on any atom is -0.493 e. The molecular formula is C18H22N2O3S. The van der Waals surface area contributed by atoms with E-state index in [1.165, 1.54) is 17.8 Å². The monoisotopic (exact) mass is 346 g/mol. The van der Waals surface area contributed by atoms with Crippen LogP contribution >= 0.6 is 11.3 Å². The van der Waals surface area contributed by atoms with Crippen molar-refractivity contribution in [2.75, 3.05) is 20.2 Å². The number of methoxy groups -OCH3 is 1. The molecule has 2 heterocycles. The predicted molar refractivity (Wildman–Crippen MR) is 93.7 cm³/mol. The Bertz CT molecular complexity index is 688. The summed E-state index contributed by atoms with van der Waals surface area (Å²) in [4.78, 5) is 18.8. The van der Waals surface area contributed by atoms with Gasteiger partial charge in [-0.2, -0.15) is 0 Å². The van der Waals surface area contributed by atoms with Crippen LogP contribution in [-0.2, 0) is 6.61 Å². The van der Waals surface area contributed by atoms with Crippen LogP contribution in [0.5, 0.6) is 11.5 Å². The summed E-state index contributed by atoms with van der Waals surface area (Å²) in [6.07, 6.45) is 2.26. The van der Waals surface area contributed by atoms with Crippen molar-refractivity contribution in [3.63, 3.8) is 0 Å². The fraction of sp³-hybridized carbons (Fsp3) is 0.444. The molecule has 1 unspecified atom stereocenters. The molecule has 3 rings (SSSR count). The number of thiazole rings is 1. The highest BCUT2D eigenvalue weighted by atomic mass is 32.1. The molecule has 2 aromatic rings. The summed E-state index contributed by atoms with van der Waals surface area (Å²) in [6.45, 7) is 4.23. The van der Waals surface area contributed by atoms with Crippen molar-refractivity contribution in [3.8, 4) is 11.5 Å². The number of rotatable bonds is 5. The lowest BCUT2D eigenvalue weighted by molar-refractivity contribution is 0.0682. The third-order valence-electron chi connectivity index (χ3n) is 4.21. The molecule has 1 saturated heterocycles. The SMILES string of the molecule is COc1cc(C(=O)N2CCCC(C)C2)ccc1OCc1cscn1. The molecule has 0 aliphatic carbocycles. The van der Waals surface area contributed by atoms with E-state index in [1.54, 1.807) is 30.8 Å². The van der Waals surface area contributed by atoms with E-state index >= 15 is 0 Å². The largest absolute Gasteiger partial charge is 0.493 e. The number of hydrogen-bond donors (Lipinski definition) is 0. The van der Waals surface area contributed by atoms with Gasteiger partial charge in [-0.05, 0) is 37.0 Å². The molecule has 1 aliphatic heterocycles. The summed E-state index contributed by atoms with van der Waals surface area (Å²) in [5.74, 6) is 1.81. The van der Waals surface area contributed by atoms with Gasteiger partial charge in [0.1, 0.15) is 6.61 Å². The molecule has 1 aromatic heterocycles. The number of ether oxygens (including phenoxy) is 2. The van der Waals surface area contributed by atoms with Gasteiger partial charge in [-0.3, -0.25) is 4.79 Å². The second kappa shape index (κ2) is 7.66. The Hall–Kier alpha value is -2.08. The second-order valence-corrected chi connectivity index (χ2v) is 6.85. The Morgan fingerprint density at radius 2 is 2.29 bits per heavy atom. The van der Waals surface area contributed by atoms with E-state index in [0.717, 1.165) is 25.2 Å². The van der Waals surface area contributed by atoms with E-state index in [9.17, 15) is 4.79 Å². The molecule has 0 N–H and O–H groups in total. The van der Waals surface area contributed by atoms with Crippen molar-refractivity contribution in [1.82, 2.24) is 9.88 Å². The zero-order valence-electron chi connectivity index (χ0n) is 14.0. The molecule has 0 bridgehead atoms. The first-order valence-corrected chi connectivity index (χ1v) is 9.09. The number of amides is 1. The van der Waals surface area contributed by atoms with Crippen LogP contribution < -0.4 is 9.47 Å². The average molecular weight is 346 g/mol. The maximum atomic E-state index is 12.7. The number of carbonyl (C=O) groups excluding carboxylic acids is 1. The standard InChI is InChI=1S/C18H22N2O3S/c1-13-4-3-7-20(9-13)18(21)14-5-6-16(17(8-14)22-2)23-10-15-11-24-12-19-15/h5-6,8,11-13H,3-4,7,9-10H2,1-2H3. The Morgan fingerprint density at radius 3 is 3.00 bits per heavy atom. The minimum absolute atomic E-state index is 0.0610. The van der Waals surface area contributed by atoms with Gasteiger partial charge in [-0.1, -0.05) is 6.92 Å². The smallest absolute Gasteiger partial charge is 0.254 e. The van der Waals surface area contributed by atoms with Crippen LogP contribution in [0.3, 0.4) is 0 Å². The van der Waals surface area contributed by atoms with Crippen molar-refractivity contribution in [1.29, 1.82) is 0 Å². The van der Waals surface area contributed by atoms with Crippen LogP contribution in [0.1, 0.15) is 35.8 Å². The first kappa shape index (κ1) is 16.8. The number of aromatic nitrogens is 1. The lowest BCUT2D eigenvalue weighted by Gasteiger charge is -2.31. The first-order valence-electron chi connectivity index (χ1n) is 8.14. The molecule has 0 saturated carbocycles. The highest BCUT2D eigenvalue weighted by molar-refractivity contribution is 7.07.